The molecule has 1 aliphatic carbocycles. The Bertz CT molecular complexity index is 2220. The molecule has 3 atom stereocenters. The van der Waals surface area contributed by atoms with Crippen LogP contribution in [0.15, 0.2) is 60.8 Å². The third kappa shape index (κ3) is 7.35. The quantitative estimate of drug-likeness (QED) is 0.130. The van der Waals surface area contributed by atoms with Gasteiger partial charge in [0.2, 0.25) is 5.91 Å². The highest BCUT2D eigenvalue weighted by Crippen LogP contribution is 2.52. The number of methoxy groups -OCH3 is 1. The van der Waals surface area contributed by atoms with Crippen molar-refractivity contribution in [2.24, 2.45) is 5.92 Å². The second-order valence-corrected chi connectivity index (χ2v) is 14.5. The molecule has 3 saturated heterocycles. The highest BCUT2D eigenvalue weighted by atomic mass is 35.5. The van der Waals surface area contributed by atoms with Crippen LogP contribution in [0.25, 0.3) is 44.5 Å². The molecule has 3 fully saturated rings. The van der Waals surface area contributed by atoms with Crippen molar-refractivity contribution >= 4 is 60.3 Å². The van der Waals surface area contributed by atoms with Crippen LogP contribution in [-0.2, 0) is 20.2 Å². The first-order valence-electron chi connectivity index (χ1n) is 18.5. The molecule has 0 saturated carbocycles. The van der Waals surface area contributed by atoms with Crippen molar-refractivity contribution in [2.75, 3.05) is 33.4 Å². The van der Waals surface area contributed by atoms with E-state index >= 15 is 8.78 Å². The Morgan fingerprint density at radius 1 is 0.893 bits per heavy atom. The number of alkyl carbamates (subject to hydrolysis) is 1. The zero-order valence-electron chi connectivity index (χ0n) is 30.6. The van der Waals surface area contributed by atoms with Gasteiger partial charge < -0.3 is 35.0 Å². The Morgan fingerprint density at radius 2 is 1.59 bits per heavy atom. The number of aromatic amines is 2. The number of imidazole rings is 2. The molecule has 0 bridgehead atoms. The summed E-state index contributed by atoms with van der Waals surface area (Å²) in [6, 6.07) is 15.3. The van der Waals surface area contributed by atoms with E-state index in [4.69, 9.17) is 14.5 Å². The van der Waals surface area contributed by atoms with E-state index in [1.54, 1.807) is 35.4 Å². The van der Waals surface area contributed by atoms with Gasteiger partial charge in [-0.15, -0.1) is 37.2 Å². The number of likely N-dealkylation sites (tertiary alicyclic amines) is 1. The number of hydrogen-bond donors (Lipinski definition) is 4. The van der Waals surface area contributed by atoms with Gasteiger partial charge in [0.1, 0.15) is 17.7 Å². The first-order valence-corrected chi connectivity index (χ1v) is 18.5. The third-order valence-electron chi connectivity index (χ3n) is 11.4. The maximum atomic E-state index is 16.2. The van der Waals surface area contributed by atoms with E-state index in [2.05, 4.69) is 25.6 Å². The molecule has 4 N–H and O–H groups in total. The lowest BCUT2D eigenvalue weighted by atomic mass is 9.90. The minimum absolute atomic E-state index is 0. The molecule has 16 heteroatoms. The summed E-state index contributed by atoms with van der Waals surface area (Å²) >= 11 is 0. The number of rotatable bonds is 7. The number of nitrogens with one attached hydrogen (secondary N) is 4. The molecule has 5 heterocycles. The molecule has 5 aromatic rings. The second kappa shape index (κ2) is 16.7. The molecule has 3 aromatic carbocycles. The smallest absolute Gasteiger partial charge is 0.407 e. The van der Waals surface area contributed by atoms with Gasteiger partial charge in [-0.25, -0.2) is 14.8 Å². The zero-order valence-corrected chi connectivity index (χ0v) is 33.1. The van der Waals surface area contributed by atoms with Gasteiger partial charge in [0.15, 0.2) is 0 Å². The van der Waals surface area contributed by atoms with Gasteiger partial charge in [0.25, 0.3) is 5.92 Å². The van der Waals surface area contributed by atoms with Crippen LogP contribution in [0.5, 0.6) is 0 Å². The van der Waals surface area contributed by atoms with E-state index in [0.717, 1.165) is 54.8 Å². The van der Waals surface area contributed by atoms with Crippen LogP contribution in [-0.4, -0.2) is 76.3 Å². The fraction of sp³-hybridized carbons (Fsp3) is 0.400. The monoisotopic (exact) mass is 829 g/mol. The first-order chi connectivity index (χ1) is 25.8. The van der Waals surface area contributed by atoms with Crippen LogP contribution in [0.3, 0.4) is 0 Å². The van der Waals surface area contributed by atoms with E-state index < -0.39 is 18.1 Å². The topological polar surface area (TPSA) is 137 Å². The van der Waals surface area contributed by atoms with Gasteiger partial charge in [-0.3, -0.25) is 4.79 Å². The number of H-pyrrole nitrogens is 2. The predicted molar refractivity (Wildman–Crippen MR) is 216 cm³/mol. The van der Waals surface area contributed by atoms with Crippen molar-refractivity contribution in [2.45, 2.75) is 62.6 Å². The Balaban J connectivity index is 0.00000177. The van der Waals surface area contributed by atoms with Crippen LogP contribution in [0.2, 0.25) is 0 Å². The number of benzene rings is 3. The lowest BCUT2D eigenvalue weighted by Crippen LogP contribution is -2.53. The van der Waals surface area contributed by atoms with Crippen molar-refractivity contribution in [3.63, 3.8) is 0 Å². The Kier molecular flexibility index (Phi) is 12.3. The van der Waals surface area contributed by atoms with E-state index in [1.165, 1.54) is 7.11 Å². The third-order valence-corrected chi connectivity index (χ3v) is 11.4. The molecule has 3 aliphatic heterocycles. The van der Waals surface area contributed by atoms with E-state index in [0.29, 0.717) is 66.2 Å². The summed E-state index contributed by atoms with van der Waals surface area (Å²) in [6.45, 7) is 2.56. The van der Waals surface area contributed by atoms with Crippen LogP contribution < -0.4 is 10.6 Å². The van der Waals surface area contributed by atoms with Crippen LogP contribution >= 0.6 is 37.2 Å². The minimum atomic E-state index is -3.18. The summed E-state index contributed by atoms with van der Waals surface area (Å²) in [5.74, 6) is -1.91. The lowest BCUT2D eigenvalue weighted by Gasteiger charge is -2.34. The van der Waals surface area contributed by atoms with Crippen molar-refractivity contribution < 1.29 is 27.8 Å². The number of nitrogens with zero attached hydrogens (tertiary/aromatic N) is 3. The number of aromatic nitrogens is 4. The largest absolute Gasteiger partial charge is 0.453 e. The minimum Gasteiger partial charge on any atom is -0.453 e. The van der Waals surface area contributed by atoms with Gasteiger partial charge in [0, 0.05) is 36.4 Å². The molecule has 4 aliphatic rings. The number of alkyl halides is 2. The van der Waals surface area contributed by atoms with E-state index in [-0.39, 0.29) is 72.3 Å². The maximum absolute atomic E-state index is 16.2. The molecule has 0 radical (unpaired) electrons. The highest BCUT2D eigenvalue weighted by Gasteiger charge is 2.45. The SMILES string of the molecule is COC(=O)N[C@H](C(=O)N1CCC[C@H]1c1nc2ccc(-c3ccc4c(c3)C(F)(F)c3cc(-c5cnc([C@@H]6CCCN6)[nH]5)ccc3-4)cc2[nH]1)C1CCOCC1.Cl.Cl.Cl. The molecule has 0 spiro atoms. The van der Waals surface area contributed by atoms with E-state index in [9.17, 15) is 9.59 Å². The highest BCUT2D eigenvalue weighted by molar-refractivity contribution is 5.88. The lowest BCUT2D eigenvalue weighted by molar-refractivity contribution is -0.136. The van der Waals surface area contributed by atoms with Crippen molar-refractivity contribution in [1.29, 1.82) is 0 Å². The molecule has 298 valence electrons. The van der Waals surface area contributed by atoms with Gasteiger partial charge >= 0.3 is 6.09 Å². The van der Waals surface area contributed by atoms with Crippen molar-refractivity contribution in [1.82, 2.24) is 35.5 Å². The number of hydrogen-bond acceptors (Lipinski definition) is 7. The summed E-state index contributed by atoms with van der Waals surface area (Å²) in [4.78, 5) is 44.2. The molecule has 2 amide bonds. The average Bonchev–Trinajstić information content (AvgIpc) is 4.04. The van der Waals surface area contributed by atoms with E-state index in [1.807, 2.05) is 30.3 Å². The van der Waals surface area contributed by atoms with Crippen LogP contribution in [0.1, 0.15) is 73.4 Å². The van der Waals surface area contributed by atoms with Gasteiger partial charge in [-0.05, 0) is 97.5 Å². The normalized spacial score (nSPS) is 20.3. The van der Waals surface area contributed by atoms with Crippen LogP contribution in [0, 0.1) is 5.92 Å². The van der Waals surface area contributed by atoms with Gasteiger partial charge in [-0.1, -0.05) is 30.3 Å². The molecule has 56 heavy (non-hydrogen) atoms. The molecule has 2 aromatic heterocycles. The number of halogens is 5. The fourth-order valence-electron chi connectivity index (χ4n) is 8.62. The molecule has 11 nitrogen and oxygen atoms in total. The fourth-order valence-corrected chi connectivity index (χ4v) is 8.62. The molecule has 0 unspecified atom stereocenters. The zero-order chi connectivity index (χ0) is 36.3. The van der Waals surface area contributed by atoms with Gasteiger partial charge in [0.05, 0.1) is 42.1 Å². The summed E-state index contributed by atoms with van der Waals surface area (Å²) in [5, 5.41) is 6.21. The average molecular weight is 831 g/mol. The summed E-state index contributed by atoms with van der Waals surface area (Å²) in [5.41, 5.74) is 5.33. The first kappa shape index (κ1) is 41.4. The molecular formula is C40H44Cl3F2N7O4. The Hall–Kier alpha value is -4.27. The summed E-state index contributed by atoms with van der Waals surface area (Å²) in [6.07, 6.45) is 6.01. The van der Waals surface area contributed by atoms with Crippen molar-refractivity contribution in [3.05, 3.63) is 83.6 Å². The Labute approximate surface area is 341 Å². The molecular weight excluding hydrogens is 787 g/mol. The summed E-state index contributed by atoms with van der Waals surface area (Å²) in [7, 11) is 1.29. The Morgan fingerprint density at radius 3 is 2.30 bits per heavy atom. The maximum Gasteiger partial charge on any atom is 0.407 e. The standard InChI is InChI=1S/C40H41F2N7O4.3ClH/c1-52-39(51)48-35(22-12-16-53-17-13-22)38(50)49-15-3-5-34(49)37-45-30-11-8-24(20-32(30)46-37)23-6-9-26-27-10-7-25(19-29(27)40(41,42)28(26)18-23)33-21-44-36(47-33)31-4-2-14-43-31;;;/h6-11,18-22,31,34-35,43H,2-5,12-17H2,1H3,(H,44,47)(H,45,46)(H,48,51);3*1H/t31-,34-,35-;;;/m0.../s1. The number of carbonyl (C=O) groups is 2. The van der Waals surface area contributed by atoms with Crippen LogP contribution in [0.4, 0.5) is 13.6 Å². The predicted octanol–water partition coefficient (Wildman–Crippen LogP) is 8.25. The summed E-state index contributed by atoms with van der Waals surface area (Å²) < 4.78 is 42.9. The molecule has 9 rings (SSSR count). The number of carbonyl (C=O) groups excluding carboxylic acids is 2. The van der Waals surface area contributed by atoms with Crippen molar-refractivity contribution in [3.8, 4) is 33.5 Å². The number of fused-ring (bicyclic) bond motifs is 4. The number of amides is 2. The second-order valence-electron chi connectivity index (χ2n) is 14.5. The van der Waals surface area contributed by atoms with Gasteiger partial charge in [-0.2, -0.15) is 8.78 Å². The number of ether oxygens (including phenoxy) is 2.